The van der Waals surface area contributed by atoms with E-state index in [4.69, 9.17) is 0 Å². The molecular weight excluding hydrogens is 773 g/mol. The molecule has 4 aromatic heterocycles. The summed E-state index contributed by atoms with van der Waals surface area (Å²) in [5, 5.41) is 4.64. The van der Waals surface area contributed by atoms with Crippen LogP contribution in [-0.2, 0) is 19.1 Å². The van der Waals surface area contributed by atoms with Crippen molar-refractivity contribution in [1.29, 1.82) is 0 Å². The fourth-order valence-electron chi connectivity index (χ4n) is 5.08. The molecule has 2 aliphatic rings. The first-order chi connectivity index (χ1) is 28.1. The molecule has 0 unspecified atom stereocenters. The SMILES string of the molecule is CC.CC(=O)NCC(=O)N1CCCC1.CCC.CCC.CN1CCCC1.COC(=O)NCC=O.c1ncc(-c2ccc(-c3cc4sc(-c5cnc[nH]5)cc4s3)cc2)[nH]1. The number of carbonyl (C=O) groups is 4. The first-order valence-electron chi connectivity index (χ1n) is 20.2. The largest absolute Gasteiger partial charge is 0.453 e. The molecule has 1 aromatic carbocycles. The minimum Gasteiger partial charge on any atom is -0.453 e. The lowest BCUT2D eigenvalue weighted by Gasteiger charge is -2.14. The summed E-state index contributed by atoms with van der Waals surface area (Å²) in [6, 6.07) is 13.1. The Kier molecular flexibility index (Phi) is 27.5. The van der Waals surface area contributed by atoms with Crippen molar-refractivity contribution in [3.8, 4) is 32.3 Å². The Morgan fingerprint density at radius 3 is 1.71 bits per heavy atom. The molecule has 7 rings (SSSR count). The van der Waals surface area contributed by atoms with Gasteiger partial charge >= 0.3 is 6.09 Å². The predicted octanol–water partition coefficient (Wildman–Crippen LogP) is 9.27. The number of hydrogen-bond acceptors (Lipinski definition) is 10. The molecule has 5 aromatic rings. The highest BCUT2D eigenvalue weighted by Gasteiger charge is 2.17. The maximum Gasteiger partial charge on any atom is 0.407 e. The molecule has 0 bridgehead atoms. The molecular formula is C43H66N8O5S2. The number of methoxy groups -OCH3 is 1. The first-order valence-corrected chi connectivity index (χ1v) is 21.8. The summed E-state index contributed by atoms with van der Waals surface area (Å²) < 4.78 is 6.78. The summed E-state index contributed by atoms with van der Waals surface area (Å²) in [5.74, 6) is -0.120. The van der Waals surface area contributed by atoms with Crippen molar-refractivity contribution < 1.29 is 23.9 Å². The summed E-state index contributed by atoms with van der Waals surface area (Å²) in [5.41, 5.74) is 4.51. The Hall–Kier alpha value is -4.86. The Labute approximate surface area is 353 Å². The average Bonchev–Trinajstić information content (AvgIpc) is 4.09. The minimum atomic E-state index is -0.586. The predicted molar refractivity (Wildman–Crippen MR) is 241 cm³/mol. The second-order valence-electron chi connectivity index (χ2n) is 12.9. The third-order valence-corrected chi connectivity index (χ3v) is 10.1. The van der Waals surface area contributed by atoms with Crippen molar-refractivity contribution >= 4 is 56.3 Å². The van der Waals surface area contributed by atoms with E-state index in [1.54, 1.807) is 28.9 Å². The smallest absolute Gasteiger partial charge is 0.407 e. The fourth-order valence-corrected chi connectivity index (χ4v) is 7.45. The second kappa shape index (κ2) is 31.2. The summed E-state index contributed by atoms with van der Waals surface area (Å²) in [6.07, 6.45) is 14.6. The zero-order valence-electron chi connectivity index (χ0n) is 36.0. The zero-order chi connectivity index (χ0) is 43.1. The molecule has 6 heterocycles. The molecule has 4 N–H and O–H groups in total. The van der Waals surface area contributed by atoms with E-state index in [1.165, 1.54) is 77.5 Å². The number of aldehydes is 1. The van der Waals surface area contributed by atoms with Gasteiger partial charge in [0.1, 0.15) is 6.29 Å². The molecule has 0 aliphatic carbocycles. The molecule has 320 valence electrons. The molecule has 0 atom stereocenters. The van der Waals surface area contributed by atoms with Crippen LogP contribution in [0.4, 0.5) is 4.79 Å². The number of aromatic amines is 2. The number of alkyl carbamates (subject to hydrolysis) is 1. The Balaban J connectivity index is 0.000000415. The molecule has 3 amide bonds. The maximum absolute atomic E-state index is 11.3. The monoisotopic (exact) mass is 838 g/mol. The van der Waals surface area contributed by atoms with Crippen LogP contribution in [0.2, 0.25) is 0 Å². The summed E-state index contributed by atoms with van der Waals surface area (Å²) in [6.45, 7) is 18.4. The highest BCUT2D eigenvalue weighted by Crippen LogP contribution is 2.41. The second-order valence-corrected chi connectivity index (χ2v) is 15.1. The van der Waals surface area contributed by atoms with Crippen LogP contribution in [0.15, 0.2) is 61.4 Å². The van der Waals surface area contributed by atoms with E-state index in [0.717, 1.165) is 42.9 Å². The summed E-state index contributed by atoms with van der Waals surface area (Å²) >= 11 is 3.63. The van der Waals surface area contributed by atoms with Crippen LogP contribution in [0.1, 0.15) is 87.0 Å². The van der Waals surface area contributed by atoms with Crippen LogP contribution < -0.4 is 10.6 Å². The van der Waals surface area contributed by atoms with Gasteiger partial charge < -0.3 is 39.9 Å². The summed E-state index contributed by atoms with van der Waals surface area (Å²) in [4.78, 5) is 62.5. The first kappa shape index (κ1) is 51.2. The van der Waals surface area contributed by atoms with Crippen molar-refractivity contribution in [3.05, 3.63) is 61.4 Å². The number of hydrogen-bond donors (Lipinski definition) is 4. The molecule has 15 heteroatoms. The van der Waals surface area contributed by atoms with Crippen molar-refractivity contribution in [3.63, 3.8) is 0 Å². The van der Waals surface area contributed by atoms with Gasteiger partial charge in [0.15, 0.2) is 0 Å². The van der Waals surface area contributed by atoms with Gasteiger partial charge in [0, 0.05) is 34.3 Å². The molecule has 13 nitrogen and oxygen atoms in total. The van der Waals surface area contributed by atoms with Crippen molar-refractivity contribution in [2.45, 2.75) is 87.0 Å². The highest BCUT2D eigenvalue weighted by atomic mass is 32.1. The van der Waals surface area contributed by atoms with Crippen molar-refractivity contribution in [1.82, 2.24) is 40.4 Å². The van der Waals surface area contributed by atoms with Crippen LogP contribution >= 0.6 is 22.7 Å². The van der Waals surface area contributed by atoms with Gasteiger partial charge in [-0.15, -0.1) is 22.7 Å². The molecule has 2 aliphatic heterocycles. The number of likely N-dealkylation sites (tertiary alicyclic amines) is 2. The number of aromatic nitrogens is 4. The van der Waals surface area contributed by atoms with Crippen LogP contribution in [0.5, 0.6) is 0 Å². The maximum atomic E-state index is 11.3. The molecule has 0 saturated carbocycles. The topological polar surface area (TPSA) is 165 Å². The van der Waals surface area contributed by atoms with Crippen LogP contribution in [0.3, 0.4) is 0 Å². The van der Waals surface area contributed by atoms with E-state index in [0.29, 0.717) is 6.29 Å². The average molecular weight is 839 g/mol. The molecule has 2 saturated heterocycles. The lowest BCUT2D eigenvalue weighted by atomic mass is 10.1. The van der Waals surface area contributed by atoms with Crippen LogP contribution in [0.25, 0.3) is 41.7 Å². The number of imidazole rings is 2. The van der Waals surface area contributed by atoms with Gasteiger partial charge in [-0.25, -0.2) is 14.8 Å². The van der Waals surface area contributed by atoms with E-state index in [1.807, 2.05) is 37.6 Å². The lowest BCUT2D eigenvalue weighted by molar-refractivity contribution is -0.131. The third kappa shape index (κ3) is 20.0. The molecule has 2 fully saturated rings. The number of carbonyl (C=O) groups excluding carboxylic acids is 4. The number of H-pyrrole nitrogens is 2. The lowest BCUT2D eigenvalue weighted by Crippen LogP contribution is -2.37. The van der Waals surface area contributed by atoms with Crippen LogP contribution in [-0.4, -0.2) is 107 Å². The quantitative estimate of drug-likeness (QED) is 0.118. The Morgan fingerprint density at radius 1 is 0.776 bits per heavy atom. The minimum absolute atomic E-state index is 0.00662. The Bertz CT molecular complexity index is 1760. The number of nitrogens with zero attached hydrogens (tertiary/aromatic N) is 4. The van der Waals surface area contributed by atoms with E-state index >= 15 is 0 Å². The fraction of sp³-hybridized carbons (Fsp3) is 0.488. The number of fused-ring (bicyclic) bond motifs is 1. The van der Waals surface area contributed by atoms with Crippen LogP contribution in [0, 0.1) is 0 Å². The molecule has 58 heavy (non-hydrogen) atoms. The van der Waals surface area contributed by atoms with E-state index in [-0.39, 0.29) is 24.9 Å². The number of thiophene rings is 2. The number of rotatable bonds is 7. The van der Waals surface area contributed by atoms with Gasteiger partial charge in [-0.2, -0.15) is 0 Å². The number of amides is 3. The third-order valence-electron chi connectivity index (χ3n) is 7.74. The van der Waals surface area contributed by atoms with E-state index in [2.05, 4.69) is 111 Å². The Morgan fingerprint density at radius 2 is 1.26 bits per heavy atom. The number of benzene rings is 1. The van der Waals surface area contributed by atoms with Gasteiger partial charge in [0.05, 0.1) is 61.5 Å². The van der Waals surface area contributed by atoms with Crippen molar-refractivity contribution in [2.75, 3.05) is 53.4 Å². The van der Waals surface area contributed by atoms with E-state index < -0.39 is 6.09 Å². The molecule has 0 spiro atoms. The zero-order valence-corrected chi connectivity index (χ0v) is 37.6. The number of ether oxygens (including phenoxy) is 1. The van der Waals surface area contributed by atoms with Gasteiger partial charge in [-0.3, -0.25) is 9.59 Å². The van der Waals surface area contributed by atoms with Gasteiger partial charge in [-0.1, -0.05) is 78.6 Å². The van der Waals surface area contributed by atoms with Crippen molar-refractivity contribution in [2.24, 2.45) is 0 Å². The van der Waals surface area contributed by atoms with Gasteiger partial charge in [0.2, 0.25) is 11.8 Å². The van der Waals surface area contributed by atoms with E-state index in [9.17, 15) is 19.2 Å². The highest BCUT2D eigenvalue weighted by molar-refractivity contribution is 7.31. The molecule has 0 radical (unpaired) electrons. The van der Waals surface area contributed by atoms with Gasteiger partial charge in [-0.05, 0) is 69.1 Å². The normalized spacial score (nSPS) is 12.5. The van der Waals surface area contributed by atoms with Gasteiger partial charge in [0.25, 0.3) is 0 Å². The standard InChI is InChI=1S/C18H12N4S2.C8H14N2O2.C5H11N.C4H7NO3.2C3H8.C2H6/c1-3-12(4-2-11(1)13-7-19-9-21-13)15-5-17-18(23-15)6-16(24-17)14-8-20-10-22-14;1-7(11)9-6-8(12)10-4-2-3-5-10;1-6-4-2-3-5-6;1-8-4(7)5-2-3-6;2*1-3-2;1-2/h1-10H,(H,19,21)(H,20,22);2-6H2,1H3,(H,9,11);2-5H2,1H3;3H,2H2,1H3,(H,5,7);2*3H2,1-2H3;1-2H3. The number of nitrogens with one attached hydrogen (secondary N) is 4. The summed E-state index contributed by atoms with van der Waals surface area (Å²) in [7, 11) is 3.41.